The number of rotatable bonds is 5. The van der Waals surface area contributed by atoms with Crippen LogP contribution in [0.5, 0.6) is 0 Å². The summed E-state index contributed by atoms with van der Waals surface area (Å²) < 4.78 is 0. The Morgan fingerprint density at radius 3 is 2.88 bits per heavy atom. The standard InChI is InChI=1S/C18H14ClN3O2/c19-15-8-1-2-9-16(15)22-17(23)11-21-24-12-14-6-3-5-13-7-4-10-20-18(13)14/h1-11H,12H2,(H,22,23). The van der Waals surface area contributed by atoms with Crippen LogP contribution in [0.4, 0.5) is 5.69 Å². The predicted octanol–water partition coefficient (Wildman–Crippen LogP) is 4.03. The molecule has 1 amide bonds. The second-order valence-electron chi connectivity index (χ2n) is 4.97. The van der Waals surface area contributed by atoms with Crippen LogP contribution < -0.4 is 5.32 Å². The number of hydrogen-bond donors (Lipinski definition) is 1. The fourth-order valence-electron chi connectivity index (χ4n) is 2.20. The number of benzene rings is 2. The molecule has 120 valence electrons. The molecular formula is C18H14ClN3O2. The van der Waals surface area contributed by atoms with Crippen molar-refractivity contribution >= 4 is 40.3 Å². The first-order valence-electron chi connectivity index (χ1n) is 7.27. The topological polar surface area (TPSA) is 63.6 Å². The first-order chi connectivity index (χ1) is 11.7. The van der Waals surface area contributed by atoms with Gasteiger partial charge in [-0.05, 0) is 18.2 Å². The second-order valence-corrected chi connectivity index (χ2v) is 5.38. The Bertz CT molecular complexity index is 891. The minimum absolute atomic E-state index is 0.226. The number of para-hydroxylation sites is 2. The number of pyridine rings is 1. The highest BCUT2D eigenvalue weighted by atomic mass is 35.5. The summed E-state index contributed by atoms with van der Waals surface area (Å²) in [6.45, 7) is 0.226. The molecule has 0 atom stereocenters. The minimum Gasteiger partial charge on any atom is -0.391 e. The molecule has 0 saturated carbocycles. The average molecular weight is 340 g/mol. The SMILES string of the molecule is O=C(C=NOCc1cccc2cccnc12)Nc1ccccc1Cl. The number of nitrogens with one attached hydrogen (secondary N) is 1. The summed E-state index contributed by atoms with van der Waals surface area (Å²) in [5.41, 5.74) is 2.28. The molecule has 1 heterocycles. The Morgan fingerprint density at radius 1 is 1.17 bits per heavy atom. The van der Waals surface area contributed by atoms with Crippen LogP contribution in [0.1, 0.15) is 5.56 Å². The fraction of sp³-hybridized carbons (Fsp3) is 0.0556. The lowest BCUT2D eigenvalue weighted by Gasteiger charge is -2.05. The molecule has 0 saturated heterocycles. The Balaban J connectivity index is 1.58. The van der Waals surface area contributed by atoms with Gasteiger partial charge in [-0.1, -0.05) is 53.2 Å². The zero-order valence-corrected chi connectivity index (χ0v) is 13.4. The molecule has 1 aromatic heterocycles. The fourth-order valence-corrected chi connectivity index (χ4v) is 2.39. The summed E-state index contributed by atoms with van der Waals surface area (Å²) in [6.07, 6.45) is 2.80. The van der Waals surface area contributed by atoms with Gasteiger partial charge >= 0.3 is 0 Å². The Morgan fingerprint density at radius 2 is 2.00 bits per heavy atom. The molecule has 0 unspecified atom stereocenters. The molecule has 0 aliphatic carbocycles. The number of anilines is 1. The summed E-state index contributed by atoms with van der Waals surface area (Å²) in [5.74, 6) is -0.417. The summed E-state index contributed by atoms with van der Waals surface area (Å²) >= 11 is 5.97. The third-order valence-corrected chi connectivity index (χ3v) is 3.64. The van der Waals surface area contributed by atoms with Crippen LogP contribution in [0, 0.1) is 0 Å². The molecule has 0 aliphatic heterocycles. The van der Waals surface area contributed by atoms with E-state index in [1.54, 1.807) is 30.5 Å². The molecule has 0 fully saturated rings. The molecule has 0 bridgehead atoms. The van der Waals surface area contributed by atoms with E-state index >= 15 is 0 Å². The van der Waals surface area contributed by atoms with Gasteiger partial charge in [-0.3, -0.25) is 9.78 Å². The summed E-state index contributed by atoms with van der Waals surface area (Å²) in [7, 11) is 0. The smallest absolute Gasteiger partial charge is 0.270 e. The van der Waals surface area contributed by atoms with Crippen LogP contribution >= 0.6 is 11.6 Å². The van der Waals surface area contributed by atoms with Crippen molar-refractivity contribution in [1.82, 2.24) is 4.98 Å². The van der Waals surface area contributed by atoms with Gasteiger partial charge in [-0.15, -0.1) is 0 Å². The van der Waals surface area contributed by atoms with Crippen molar-refractivity contribution < 1.29 is 9.63 Å². The van der Waals surface area contributed by atoms with Crippen LogP contribution in [-0.4, -0.2) is 17.1 Å². The third-order valence-electron chi connectivity index (χ3n) is 3.31. The van der Waals surface area contributed by atoms with Crippen molar-refractivity contribution in [3.05, 3.63) is 71.4 Å². The molecule has 5 nitrogen and oxygen atoms in total. The first-order valence-corrected chi connectivity index (χ1v) is 7.65. The van der Waals surface area contributed by atoms with Gasteiger partial charge in [0.15, 0.2) is 0 Å². The van der Waals surface area contributed by atoms with Gasteiger partial charge < -0.3 is 10.2 Å². The van der Waals surface area contributed by atoms with Crippen LogP contribution in [0.3, 0.4) is 0 Å². The van der Waals surface area contributed by atoms with E-state index in [9.17, 15) is 4.79 Å². The van der Waals surface area contributed by atoms with Crippen LogP contribution in [-0.2, 0) is 16.2 Å². The van der Waals surface area contributed by atoms with Gasteiger partial charge in [0.1, 0.15) is 12.8 Å². The number of amides is 1. The highest BCUT2D eigenvalue weighted by Gasteiger charge is 2.04. The molecule has 0 radical (unpaired) electrons. The number of halogens is 1. The van der Waals surface area contributed by atoms with Gasteiger partial charge in [0.2, 0.25) is 0 Å². The van der Waals surface area contributed by atoms with Gasteiger partial charge in [0.25, 0.3) is 5.91 Å². The van der Waals surface area contributed by atoms with Crippen molar-refractivity contribution in [3.63, 3.8) is 0 Å². The van der Waals surface area contributed by atoms with Gasteiger partial charge in [0, 0.05) is 17.1 Å². The minimum atomic E-state index is -0.417. The van der Waals surface area contributed by atoms with Crippen molar-refractivity contribution in [2.75, 3.05) is 5.32 Å². The highest BCUT2D eigenvalue weighted by molar-refractivity contribution is 6.36. The number of oxime groups is 1. The van der Waals surface area contributed by atoms with Gasteiger partial charge in [0.05, 0.1) is 16.2 Å². The zero-order valence-electron chi connectivity index (χ0n) is 12.6. The monoisotopic (exact) mass is 339 g/mol. The van der Waals surface area contributed by atoms with E-state index in [4.69, 9.17) is 16.4 Å². The number of hydrogen-bond acceptors (Lipinski definition) is 4. The molecule has 0 aliphatic rings. The number of nitrogens with zero attached hydrogens (tertiary/aromatic N) is 2. The largest absolute Gasteiger partial charge is 0.391 e. The van der Waals surface area contributed by atoms with E-state index in [1.807, 2.05) is 30.3 Å². The number of carbonyl (C=O) groups excluding carboxylic acids is 1. The molecule has 3 rings (SSSR count). The summed E-state index contributed by atoms with van der Waals surface area (Å²) in [4.78, 5) is 21.3. The van der Waals surface area contributed by atoms with E-state index < -0.39 is 5.91 Å². The molecule has 2 aromatic carbocycles. The van der Waals surface area contributed by atoms with E-state index in [0.717, 1.165) is 22.7 Å². The second kappa shape index (κ2) is 7.57. The lowest BCUT2D eigenvalue weighted by molar-refractivity contribution is -0.110. The summed E-state index contributed by atoms with van der Waals surface area (Å²) in [6, 6.07) is 16.6. The van der Waals surface area contributed by atoms with E-state index in [1.165, 1.54) is 0 Å². The quantitative estimate of drug-likeness (QED) is 0.564. The average Bonchev–Trinajstić information content (AvgIpc) is 2.61. The van der Waals surface area contributed by atoms with Crippen molar-refractivity contribution in [2.24, 2.45) is 5.16 Å². The number of aromatic nitrogens is 1. The van der Waals surface area contributed by atoms with E-state index in [-0.39, 0.29) is 6.61 Å². The number of fused-ring (bicyclic) bond motifs is 1. The molecule has 24 heavy (non-hydrogen) atoms. The van der Waals surface area contributed by atoms with E-state index in [2.05, 4.69) is 15.5 Å². The normalized spacial score (nSPS) is 10.9. The van der Waals surface area contributed by atoms with Crippen LogP contribution in [0.2, 0.25) is 5.02 Å². The first kappa shape index (κ1) is 16.0. The van der Waals surface area contributed by atoms with Crippen LogP contribution in [0.25, 0.3) is 10.9 Å². The molecule has 1 N–H and O–H groups in total. The van der Waals surface area contributed by atoms with Crippen LogP contribution in [0.15, 0.2) is 65.9 Å². The molecule has 3 aromatic rings. The highest BCUT2D eigenvalue weighted by Crippen LogP contribution is 2.20. The number of carbonyl (C=O) groups is 1. The molecule has 6 heteroatoms. The van der Waals surface area contributed by atoms with Crippen molar-refractivity contribution in [3.8, 4) is 0 Å². The Hall–Kier alpha value is -2.92. The summed E-state index contributed by atoms with van der Waals surface area (Å²) in [5, 5.41) is 7.80. The Kier molecular flexibility index (Phi) is 5.03. The van der Waals surface area contributed by atoms with Gasteiger partial charge in [-0.2, -0.15) is 0 Å². The maximum atomic E-state index is 11.8. The predicted molar refractivity (Wildman–Crippen MR) is 95.1 cm³/mol. The molecular weight excluding hydrogens is 326 g/mol. The third kappa shape index (κ3) is 3.88. The van der Waals surface area contributed by atoms with Crippen molar-refractivity contribution in [2.45, 2.75) is 6.61 Å². The Labute approximate surface area is 143 Å². The van der Waals surface area contributed by atoms with Crippen molar-refractivity contribution in [1.29, 1.82) is 0 Å². The molecule has 0 spiro atoms. The maximum absolute atomic E-state index is 11.8. The van der Waals surface area contributed by atoms with Gasteiger partial charge in [-0.25, -0.2) is 0 Å². The zero-order chi connectivity index (χ0) is 16.8. The maximum Gasteiger partial charge on any atom is 0.270 e. The van der Waals surface area contributed by atoms with E-state index in [0.29, 0.717) is 10.7 Å². The lowest BCUT2D eigenvalue weighted by Crippen LogP contribution is -2.13. The lowest BCUT2D eigenvalue weighted by atomic mass is 10.1.